The molecule has 0 aliphatic carbocycles. The first-order chi connectivity index (χ1) is 10.6. The van der Waals surface area contributed by atoms with E-state index in [1.165, 1.54) is 0 Å². The van der Waals surface area contributed by atoms with Crippen molar-refractivity contribution in [3.05, 3.63) is 53.0 Å². The van der Waals surface area contributed by atoms with Crippen LogP contribution in [-0.4, -0.2) is 24.0 Å². The first-order valence-corrected chi connectivity index (χ1v) is 7.66. The predicted octanol–water partition coefficient (Wildman–Crippen LogP) is 3.25. The van der Waals surface area contributed by atoms with E-state index in [2.05, 4.69) is 6.07 Å². The number of fused-ring (bicyclic) bond motifs is 1. The molecule has 0 bridgehead atoms. The van der Waals surface area contributed by atoms with E-state index in [1.54, 1.807) is 6.26 Å². The molecular formula is C18H21NO3. The van der Waals surface area contributed by atoms with Gasteiger partial charge in [0.25, 0.3) is 5.91 Å². The lowest BCUT2D eigenvalue weighted by molar-refractivity contribution is -0.134. The van der Waals surface area contributed by atoms with Crippen LogP contribution < -0.4 is 4.74 Å². The molecule has 0 saturated heterocycles. The minimum absolute atomic E-state index is 0.0215. The fraction of sp³-hybridized carbons (Fsp3) is 0.389. The van der Waals surface area contributed by atoms with E-state index < -0.39 is 0 Å². The molecule has 1 aliphatic rings. The second-order valence-corrected chi connectivity index (χ2v) is 5.90. The molecule has 0 atom stereocenters. The zero-order valence-electron chi connectivity index (χ0n) is 13.1. The molecule has 116 valence electrons. The van der Waals surface area contributed by atoms with E-state index in [-0.39, 0.29) is 12.5 Å². The lowest BCUT2D eigenvalue weighted by Gasteiger charge is -2.20. The second-order valence-electron chi connectivity index (χ2n) is 5.90. The van der Waals surface area contributed by atoms with Crippen LogP contribution in [0, 0.1) is 13.8 Å². The Morgan fingerprint density at radius 3 is 2.82 bits per heavy atom. The molecule has 0 N–H and O–H groups in total. The summed E-state index contributed by atoms with van der Waals surface area (Å²) in [5.74, 6) is 1.78. The van der Waals surface area contributed by atoms with Gasteiger partial charge in [-0.25, -0.2) is 0 Å². The van der Waals surface area contributed by atoms with Crippen LogP contribution in [-0.2, 0) is 17.8 Å². The number of aryl methyl sites for hydroxylation is 3. The number of carbonyl (C=O) groups is 1. The van der Waals surface area contributed by atoms with Crippen molar-refractivity contribution in [1.82, 2.24) is 4.90 Å². The van der Waals surface area contributed by atoms with Gasteiger partial charge in [0.1, 0.15) is 11.5 Å². The second kappa shape index (κ2) is 6.26. The Balaban J connectivity index is 1.62. The van der Waals surface area contributed by atoms with Gasteiger partial charge in [-0.2, -0.15) is 0 Å². The molecule has 0 unspecified atom stereocenters. The predicted molar refractivity (Wildman–Crippen MR) is 83.9 cm³/mol. The van der Waals surface area contributed by atoms with E-state index in [0.717, 1.165) is 47.6 Å². The lowest BCUT2D eigenvalue weighted by Crippen LogP contribution is -2.34. The molecule has 2 aromatic rings. The topological polar surface area (TPSA) is 42.7 Å². The summed E-state index contributed by atoms with van der Waals surface area (Å²) in [6, 6.07) is 7.95. The molecule has 1 aliphatic heterocycles. The molecule has 0 radical (unpaired) electrons. The van der Waals surface area contributed by atoms with Gasteiger partial charge in [0.2, 0.25) is 0 Å². The number of furan rings is 1. The zero-order valence-corrected chi connectivity index (χ0v) is 13.1. The Hall–Kier alpha value is -2.23. The number of ether oxygens (including phenoxy) is 1. The van der Waals surface area contributed by atoms with Crippen molar-refractivity contribution in [3.63, 3.8) is 0 Å². The molecule has 2 heterocycles. The highest BCUT2D eigenvalue weighted by Crippen LogP contribution is 2.20. The molecule has 0 saturated carbocycles. The van der Waals surface area contributed by atoms with Crippen LogP contribution in [0.2, 0.25) is 0 Å². The summed E-state index contributed by atoms with van der Waals surface area (Å²) in [4.78, 5) is 14.2. The third kappa shape index (κ3) is 3.32. The summed E-state index contributed by atoms with van der Waals surface area (Å²) in [5, 5.41) is 0. The zero-order chi connectivity index (χ0) is 15.5. The number of carbonyl (C=O) groups excluding carboxylic acids is 1. The number of hydrogen-bond donors (Lipinski definition) is 0. The summed E-state index contributed by atoms with van der Waals surface area (Å²) in [6.45, 7) is 5.49. The Kier molecular flexibility index (Phi) is 4.18. The Labute approximate surface area is 130 Å². The maximum atomic E-state index is 12.4. The van der Waals surface area contributed by atoms with Crippen molar-refractivity contribution in [3.8, 4) is 5.75 Å². The standard InChI is InChI=1S/C18H21NO3/c1-13-8-14(2)10-16(9-13)22-12-18(20)19-6-3-4-17-15(11-19)5-7-21-17/h5,7-10H,3-4,6,11-12H2,1-2H3. The minimum atomic E-state index is 0.0215. The molecular weight excluding hydrogens is 278 g/mol. The fourth-order valence-corrected chi connectivity index (χ4v) is 2.91. The van der Waals surface area contributed by atoms with Crippen molar-refractivity contribution in [1.29, 1.82) is 0 Å². The number of benzene rings is 1. The van der Waals surface area contributed by atoms with Gasteiger partial charge >= 0.3 is 0 Å². The van der Waals surface area contributed by atoms with Gasteiger partial charge in [-0.3, -0.25) is 4.79 Å². The fourth-order valence-electron chi connectivity index (χ4n) is 2.91. The van der Waals surface area contributed by atoms with E-state index in [1.807, 2.05) is 36.9 Å². The summed E-state index contributed by atoms with van der Waals surface area (Å²) in [6.07, 6.45) is 3.52. The largest absolute Gasteiger partial charge is 0.484 e. The van der Waals surface area contributed by atoms with E-state index in [0.29, 0.717) is 6.54 Å². The van der Waals surface area contributed by atoms with Gasteiger partial charge in [-0.05, 0) is 49.6 Å². The SMILES string of the molecule is Cc1cc(C)cc(OCC(=O)N2CCCc3occc3C2)c1. The summed E-state index contributed by atoms with van der Waals surface area (Å²) < 4.78 is 11.1. The third-order valence-electron chi connectivity index (χ3n) is 3.94. The van der Waals surface area contributed by atoms with Gasteiger partial charge in [-0.15, -0.1) is 0 Å². The first kappa shape index (κ1) is 14.7. The molecule has 0 fully saturated rings. The third-order valence-corrected chi connectivity index (χ3v) is 3.94. The number of nitrogens with zero attached hydrogens (tertiary/aromatic N) is 1. The van der Waals surface area contributed by atoms with Crippen molar-refractivity contribution >= 4 is 5.91 Å². The Morgan fingerprint density at radius 1 is 1.27 bits per heavy atom. The van der Waals surface area contributed by atoms with E-state index >= 15 is 0 Å². The highest BCUT2D eigenvalue weighted by atomic mass is 16.5. The van der Waals surface area contributed by atoms with Crippen LogP contribution in [0.15, 0.2) is 34.9 Å². The first-order valence-electron chi connectivity index (χ1n) is 7.66. The molecule has 0 spiro atoms. The van der Waals surface area contributed by atoms with Crippen LogP contribution in [0.25, 0.3) is 0 Å². The highest BCUT2D eigenvalue weighted by Gasteiger charge is 2.20. The number of rotatable bonds is 3. The molecule has 22 heavy (non-hydrogen) atoms. The monoisotopic (exact) mass is 299 g/mol. The molecule has 4 heteroatoms. The normalized spacial score (nSPS) is 14.4. The van der Waals surface area contributed by atoms with Crippen LogP contribution in [0.5, 0.6) is 5.75 Å². The van der Waals surface area contributed by atoms with Crippen molar-refractivity contribution in [2.75, 3.05) is 13.2 Å². The number of hydrogen-bond acceptors (Lipinski definition) is 3. The van der Waals surface area contributed by atoms with Crippen LogP contribution in [0.3, 0.4) is 0 Å². The smallest absolute Gasteiger partial charge is 0.260 e. The van der Waals surface area contributed by atoms with E-state index in [4.69, 9.17) is 9.15 Å². The van der Waals surface area contributed by atoms with Gasteiger partial charge in [0, 0.05) is 25.1 Å². The van der Waals surface area contributed by atoms with E-state index in [9.17, 15) is 4.79 Å². The van der Waals surface area contributed by atoms with Gasteiger partial charge in [-0.1, -0.05) is 6.07 Å². The Bertz CT molecular complexity index is 654. The van der Waals surface area contributed by atoms with Gasteiger partial charge in [0.05, 0.1) is 6.26 Å². The molecule has 1 aromatic heterocycles. The average Bonchev–Trinajstić information content (AvgIpc) is 2.81. The Morgan fingerprint density at radius 2 is 2.05 bits per heavy atom. The molecule has 4 nitrogen and oxygen atoms in total. The van der Waals surface area contributed by atoms with Crippen molar-refractivity contribution in [2.24, 2.45) is 0 Å². The maximum Gasteiger partial charge on any atom is 0.260 e. The van der Waals surface area contributed by atoms with Gasteiger partial charge < -0.3 is 14.1 Å². The maximum absolute atomic E-state index is 12.4. The summed E-state index contributed by atoms with van der Waals surface area (Å²) in [7, 11) is 0. The highest BCUT2D eigenvalue weighted by molar-refractivity contribution is 5.77. The van der Waals surface area contributed by atoms with Crippen LogP contribution >= 0.6 is 0 Å². The van der Waals surface area contributed by atoms with Crippen LogP contribution in [0.4, 0.5) is 0 Å². The van der Waals surface area contributed by atoms with Crippen LogP contribution in [0.1, 0.15) is 28.9 Å². The molecule has 3 rings (SSSR count). The molecule has 1 amide bonds. The number of amides is 1. The summed E-state index contributed by atoms with van der Waals surface area (Å²) in [5.41, 5.74) is 3.39. The molecule has 1 aromatic carbocycles. The quantitative estimate of drug-likeness (QED) is 0.873. The lowest BCUT2D eigenvalue weighted by atomic mass is 10.1. The van der Waals surface area contributed by atoms with Crippen molar-refractivity contribution < 1.29 is 13.9 Å². The van der Waals surface area contributed by atoms with Gasteiger partial charge in [0.15, 0.2) is 6.61 Å². The average molecular weight is 299 g/mol. The van der Waals surface area contributed by atoms with Crippen molar-refractivity contribution in [2.45, 2.75) is 33.2 Å². The minimum Gasteiger partial charge on any atom is -0.484 e. The summed E-state index contributed by atoms with van der Waals surface area (Å²) >= 11 is 0.